The van der Waals surface area contributed by atoms with Crippen molar-refractivity contribution in [2.45, 2.75) is 66.3 Å². The summed E-state index contributed by atoms with van der Waals surface area (Å²) >= 11 is 0. The third kappa shape index (κ3) is 3.09. The van der Waals surface area contributed by atoms with Crippen molar-refractivity contribution in [3.63, 3.8) is 0 Å². The second-order valence-electron chi connectivity index (χ2n) is 9.09. The van der Waals surface area contributed by atoms with E-state index in [1.54, 1.807) is 0 Å². The molecule has 0 N–H and O–H groups in total. The van der Waals surface area contributed by atoms with Crippen molar-refractivity contribution in [1.29, 1.82) is 0 Å². The quantitative estimate of drug-likeness (QED) is 0.526. The van der Waals surface area contributed by atoms with E-state index in [9.17, 15) is 0 Å². The summed E-state index contributed by atoms with van der Waals surface area (Å²) in [5.74, 6) is 2.62. The molecule has 27 heavy (non-hydrogen) atoms. The van der Waals surface area contributed by atoms with E-state index in [4.69, 9.17) is 0 Å². The number of benzene rings is 2. The van der Waals surface area contributed by atoms with E-state index in [0.29, 0.717) is 11.8 Å². The van der Waals surface area contributed by atoms with Crippen LogP contribution in [0.5, 0.6) is 0 Å². The highest BCUT2D eigenvalue weighted by molar-refractivity contribution is 5.81. The normalized spacial score (nSPS) is 13.9. The Balaban J connectivity index is 1.95. The topological polar surface area (TPSA) is 8.81 Å². The molecule has 2 aromatic carbocycles. The fourth-order valence-electron chi connectivity index (χ4n) is 4.76. The van der Waals surface area contributed by atoms with E-state index in [1.165, 1.54) is 57.5 Å². The van der Waals surface area contributed by atoms with Crippen molar-refractivity contribution in [3.8, 4) is 11.4 Å². The van der Waals surface area contributed by atoms with Gasteiger partial charge < -0.3 is 0 Å². The molecule has 1 aromatic heterocycles. The van der Waals surface area contributed by atoms with Gasteiger partial charge in [0.05, 0.1) is 19.2 Å². The smallest absolute Gasteiger partial charge is 0.226 e. The van der Waals surface area contributed by atoms with E-state index < -0.39 is 0 Å². The zero-order valence-corrected chi connectivity index (χ0v) is 17.8. The molecule has 0 radical (unpaired) electrons. The molecule has 0 unspecified atom stereocenters. The molecule has 2 heteroatoms. The minimum absolute atomic E-state index is 0.571. The van der Waals surface area contributed by atoms with Crippen molar-refractivity contribution in [3.05, 3.63) is 52.6 Å². The molecule has 0 saturated carbocycles. The van der Waals surface area contributed by atoms with Gasteiger partial charge in [0.2, 0.25) is 0 Å². The minimum Gasteiger partial charge on any atom is -0.226 e. The summed E-state index contributed by atoms with van der Waals surface area (Å²) in [4.78, 5) is 0. The van der Waals surface area contributed by atoms with Crippen LogP contribution in [0.2, 0.25) is 0 Å². The lowest BCUT2D eigenvalue weighted by Crippen LogP contribution is -2.39. The Bertz CT molecular complexity index is 1010. The van der Waals surface area contributed by atoms with Gasteiger partial charge in [-0.1, -0.05) is 45.9 Å². The van der Waals surface area contributed by atoms with Crippen molar-refractivity contribution in [2.24, 2.45) is 13.0 Å². The molecule has 0 bridgehead atoms. The Morgan fingerprint density at radius 2 is 1.85 bits per heavy atom. The molecule has 0 fully saturated rings. The van der Waals surface area contributed by atoms with Crippen molar-refractivity contribution >= 4 is 11.0 Å². The molecular formula is C25H33N2+. The van der Waals surface area contributed by atoms with Crippen LogP contribution in [0, 0.1) is 12.8 Å². The van der Waals surface area contributed by atoms with E-state index >= 15 is 0 Å². The maximum absolute atomic E-state index is 2.57. The second-order valence-corrected chi connectivity index (χ2v) is 9.09. The van der Waals surface area contributed by atoms with Gasteiger partial charge in [-0.2, -0.15) is 0 Å². The molecule has 1 aliphatic rings. The maximum atomic E-state index is 2.57. The predicted octanol–water partition coefficient (Wildman–Crippen LogP) is 5.71. The van der Waals surface area contributed by atoms with Crippen LogP contribution in [0.25, 0.3) is 22.4 Å². The van der Waals surface area contributed by atoms with E-state index in [2.05, 4.69) is 81.1 Å². The van der Waals surface area contributed by atoms with Gasteiger partial charge in [0.15, 0.2) is 11.0 Å². The van der Waals surface area contributed by atoms with E-state index in [-0.39, 0.29) is 0 Å². The average molecular weight is 362 g/mol. The highest BCUT2D eigenvalue weighted by Crippen LogP contribution is 2.32. The highest BCUT2D eigenvalue weighted by atomic mass is 15.2. The van der Waals surface area contributed by atoms with Gasteiger partial charge in [0, 0.05) is 5.56 Å². The molecule has 0 spiro atoms. The van der Waals surface area contributed by atoms with Crippen LogP contribution in [-0.2, 0) is 26.4 Å². The lowest BCUT2D eigenvalue weighted by atomic mass is 9.96. The Morgan fingerprint density at radius 1 is 1.07 bits per heavy atom. The monoisotopic (exact) mass is 361 g/mol. The molecule has 1 aliphatic heterocycles. The Labute approximate surface area is 163 Å². The van der Waals surface area contributed by atoms with Crippen LogP contribution >= 0.6 is 0 Å². The van der Waals surface area contributed by atoms with Crippen LogP contribution in [0.15, 0.2) is 30.3 Å². The van der Waals surface area contributed by atoms with Gasteiger partial charge in [-0.25, -0.2) is 9.13 Å². The summed E-state index contributed by atoms with van der Waals surface area (Å²) in [5, 5.41) is 0. The molecule has 0 aliphatic carbocycles. The number of nitrogens with zero attached hydrogens (tertiary/aromatic N) is 2. The van der Waals surface area contributed by atoms with Gasteiger partial charge in [-0.15, -0.1) is 0 Å². The molecule has 0 saturated heterocycles. The Kier molecular flexibility index (Phi) is 4.61. The minimum atomic E-state index is 0.571. The van der Waals surface area contributed by atoms with Crippen LogP contribution in [-0.4, -0.2) is 4.57 Å². The largest absolute Gasteiger partial charge is 0.289 e. The molecule has 0 atom stereocenters. The third-order valence-corrected chi connectivity index (χ3v) is 6.06. The van der Waals surface area contributed by atoms with Crippen molar-refractivity contribution in [2.75, 3.05) is 0 Å². The van der Waals surface area contributed by atoms with E-state index in [1.807, 2.05) is 0 Å². The summed E-state index contributed by atoms with van der Waals surface area (Å²) < 4.78 is 5.01. The number of rotatable bonds is 4. The summed E-state index contributed by atoms with van der Waals surface area (Å²) in [6.07, 6.45) is 3.60. The first kappa shape index (κ1) is 18.3. The maximum Gasteiger partial charge on any atom is 0.289 e. The van der Waals surface area contributed by atoms with Gasteiger partial charge in [0.25, 0.3) is 5.82 Å². The van der Waals surface area contributed by atoms with Crippen LogP contribution < -0.4 is 4.57 Å². The van der Waals surface area contributed by atoms with Crippen molar-refractivity contribution in [1.82, 2.24) is 4.57 Å². The molecule has 2 nitrogen and oxygen atoms in total. The molecule has 4 rings (SSSR count). The zero-order chi connectivity index (χ0) is 19.3. The summed E-state index contributed by atoms with van der Waals surface area (Å²) in [6, 6.07) is 11.9. The summed E-state index contributed by atoms with van der Waals surface area (Å²) in [5.41, 5.74) is 10.0. The van der Waals surface area contributed by atoms with Gasteiger partial charge >= 0.3 is 0 Å². The zero-order valence-electron chi connectivity index (χ0n) is 17.8. The predicted molar refractivity (Wildman–Crippen MR) is 114 cm³/mol. The Hall–Kier alpha value is -2.09. The summed E-state index contributed by atoms with van der Waals surface area (Å²) in [6.45, 7) is 12.5. The molecule has 0 amide bonds. The Morgan fingerprint density at radius 3 is 2.52 bits per heavy atom. The molecular weight excluding hydrogens is 328 g/mol. The number of aryl methyl sites for hydroxylation is 4. The number of hydrogen-bond donors (Lipinski definition) is 0. The highest BCUT2D eigenvalue weighted by Gasteiger charge is 2.30. The van der Waals surface area contributed by atoms with Crippen LogP contribution in [0.4, 0.5) is 0 Å². The fourth-order valence-corrected chi connectivity index (χ4v) is 4.76. The van der Waals surface area contributed by atoms with Crippen molar-refractivity contribution < 1.29 is 4.57 Å². The first-order valence-corrected chi connectivity index (χ1v) is 10.5. The lowest BCUT2D eigenvalue weighted by molar-refractivity contribution is -0.664. The van der Waals surface area contributed by atoms with Crippen LogP contribution in [0.3, 0.4) is 0 Å². The first-order valence-electron chi connectivity index (χ1n) is 10.5. The fraction of sp³-hybridized carbons (Fsp3) is 0.480. The third-order valence-electron chi connectivity index (χ3n) is 6.06. The van der Waals surface area contributed by atoms with Crippen LogP contribution in [0.1, 0.15) is 62.3 Å². The average Bonchev–Trinajstić information content (AvgIpc) is 2.88. The standard InChI is InChI=1S/C25H33N2/c1-16(2)12-19-14-21-8-7-11-27-24(21)23(15-19)26(6)25(27)22-10-9-20(17(3)4)13-18(22)5/h9-10,13-17H,7-8,11-12H2,1-6H3/q+1. The van der Waals surface area contributed by atoms with Gasteiger partial charge in [-0.05, 0) is 66.8 Å². The lowest BCUT2D eigenvalue weighted by Gasteiger charge is -2.14. The van der Waals surface area contributed by atoms with E-state index in [0.717, 1.165) is 13.0 Å². The second kappa shape index (κ2) is 6.82. The number of imidazole rings is 1. The SMILES string of the molecule is Cc1cc(C(C)C)ccc1-c1n(C)c2cc(CC(C)C)cc3c2[n+]1CCC3. The van der Waals surface area contributed by atoms with Gasteiger partial charge in [0.1, 0.15) is 0 Å². The van der Waals surface area contributed by atoms with Gasteiger partial charge in [-0.3, -0.25) is 0 Å². The first-order chi connectivity index (χ1) is 12.9. The molecule has 142 valence electrons. The molecule has 3 aromatic rings. The summed E-state index contributed by atoms with van der Waals surface area (Å²) in [7, 11) is 2.25. The molecule has 2 heterocycles. The number of hydrogen-bond acceptors (Lipinski definition) is 0. The number of aromatic nitrogens is 2.